The van der Waals surface area contributed by atoms with Crippen LogP contribution in [0.3, 0.4) is 0 Å². The highest BCUT2D eigenvalue weighted by Crippen LogP contribution is 2.20. The predicted molar refractivity (Wildman–Crippen MR) is 135 cm³/mol. The smallest absolute Gasteiger partial charge is 0.226 e. The number of hydrogen-bond acceptors (Lipinski definition) is 3. The second-order valence-corrected chi connectivity index (χ2v) is 7.16. The summed E-state index contributed by atoms with van der Waals surface area (Å²) < 4.78 is 5.74. The number of guanidine groups is 1. The second kappa shape index (κ2) is 13.1. The van der Waals surface area contributed by atoms with Crippen molar-refractivity contribution >= 4 is 41.5 Å². The van der Waals surface area contributed by atoms with Crippen LogP contribution in [0.2, 0.25) is 0 Å². The van der Waals surface area contributed by atoms with Gasteiger partial charge in [0, 0.05) is 37.3 Å². The van der Waals surface area contributed by atoms with Crippen molar-refractivity contribution in [1.82, 2.24) is 10.6 Å². The van der Waals surface area contributed by atoms with E-state index in [2.05, 4.69) is 46.1 Å². The molecule has 164 valence electrons. The van der Waals surface area contributed by atoms with Crippen molar-refractivity contribution in [2.24, 2.45) is 10.9 Å². The van der Waals surface area contributed by atoms with Gasteiger partial charge in [0.2, 0.25) is 5.91 Å². The van der Waals surface area contributed by atoms with Crippen LogP contribution in [-0.2, 0) is 17.9 Å². The van der Waals surface area contributed by atoms with Crippen LogP contribution >= 0.6 is 24.0 Å². The van der Waals surface area contributed by atoms with Crippen LogP contribution in [0, 0.1) is 12.8 Å². The Kier molecular flexibility index (Phi) is 11.2. The van der Waals surface area contributed by atoms with E-state index in [1.54, 1.807) is 7.05 Å². The number of benzene rings is 2. The quantitative estimate of drug-likeness (QED) is 0.271. The zero-order chi connectivity index (χ0) is 21.2. The molecule has 0 atom stereocenters. The lowest BCUT2D eigenvalue weighted by atomic mass is 10.1. The number of hydrogen-bond donors (Lipinski definition) is 3. The summed E-state index contributed by atoms with van der Waals surface area (Å²) in [4.78, 5) is 16.1. The maximum Gasteiger partial charge on any atom is 0.226 e. The Morgan fingerprint density at radius 1 is 1.07 bits per heavy atom. The number of amides is 1. The molecule has 0 aliphatic carbocycles. The average molecular weight is 524 g/mol. The van der Waals surface area contributed by atoms with Gasteiger partial charge in [-0.15, -0.1) is 24.0 Å². The first-order chi connectivity index (χ1) is 13.9. The van der Waals surface area contributed by atoms with E-state index in [0.29, 0.717) is 25.7 Å². The molecule has 0 heterocycles. The number of halogens is 1. The number of carbonyl (C=O) groups excluding carboxylic acids is 1. The molecule has 0 aliphatic rings. The van der Waals surface area contributed by atoms with E-state index in [-0.39, 0.29) is 35.8 Å². The molecule has 2 aromatic carbocycles. The van der Waals surface area contributed by atoms with E-state index in [0.717, 1.165) is 22.6 Å². The molecule has 30 heavy (non-hydrogen) atoms. The van der Waals surface area contributed by atoms with Crippen molar-refractivity contribution in [3.05, 3.63) is 59.2 Å². The first kappa shape index (κ1) is 25.7. The first-order valence-corrected chi connectivity index (χ1v) is 9.99. The van der Waals surface area contributed by atoms with Gasteiger partial charge < -0.3 is 20.7 Å². The summed E-state index contributed by atoms with van der Waals surface area (Å²) >= 11 is 0. The zero-order valence-corrected chi connectivity index (χ0v) is 20.7. The van der Waals surface area contributed by atoms with E-state index in [1.807, 2.05) is 45.0 Å². The van der Waals surface area contributed by atoms with Crippen LogP contribution in [0.25, 0.3) is 0 Å². The van der Waals surface area contributed by atoms with Gasteiger partial charge >= 0.3 is 0 Å². The molecule has 0 bridgehead atoms. The van der Waals surface area contributed by atoms with Gasteiger partial charge in [-0.25, -0.2) is 0 Å². The fourth-order valence-electron chi connectivity index (χ4n) is 2.68. The Balaban J connectivity index is 0.00000450. The molecule has 0 aliphatic heterocycles. The van der Waals surface area contributed by atoms with Gasteiger partial charge in [0.1, 0.15) is 5.75 Å². The molecule has 6 nitrogen and oxygen atoms in total. The lowest BCUT2D eigenvalue weighted by molar-refractivity contribution is -0.118. The standard InChI is InChI=1S/C23H32N4O2.HI/c1-6-29-21-13-17(4)7-10-19(21)15-26-23(24-5)25-14-18-8-11-20(12-9-18)27-22(28)16(2)3;/h7-13,16H,6,14-15H2,1-5H3,(H,27,28)(H2,24,25,26);1H. The van der Waals surface area contributed by atoms with Crippen molar-refractivity contribution in [3.8, 4) is 5.75 Å². The molecular weight excluding hydrogens is 491 g/mol. The van der Waals surface area contributed by atoms with Crippen molar-refractivity contribution in [3.63, 3.8) is 0 Å². The van der Waals surface area contributed by atoms with E-state index in [9.17, 15) is 4.79 Å². The number of aryl methyl sites for hydroxylation is 1. The third kappa shape index (κ3) is 8.22. The number of rotatable bonds is 8. The van der Waals surface area contributed by atoms with Crippen LogP contribution in [0.5, 0.6) is 5.75 Å². The molecular formula is C23H33IN4O2. The number of ether oxygens (including phenoxy) is 1. The van der Waals surface area contributed by atoms with Crippen LogP contribution in [0.4, 0.5) is 5.69 Å². The topological polar surface area (TPSA) is 74.8 Å². The summed E-state index contributed by atoms with van der Waals surface area (Å²) in [7, 11) is 1.75. The highest BCUT2D eigenvalue weighted by Gasteiger charge is 2.08. The summed E-state index contributed by atoms with van der Waals surface area (Å²) in [6.07, 6.45) is 0. The predicted octanol–water partition coefficient (Wildman–Crippen LogP) is 4.47. The number of aliphatic imine (C=N–C) groups is 1. The maximum atomic E-state index is 11.8. The Morgan fingerprint density at radius 2 is 1.73 bits per heavy atom. The fourth-order valence-corrected chi connectivity index (χ4v) is 2.68. The van der Waals surface area contributed by atoms with Crippen molar-refractivity contribution in [1.29, 1.82) is 0 Å². The maximum absolute atomic E-state index is 11.8. The van der Waals surface area contributed by atoms with E-state index in [4.69, 9.17) is 4.74 Å². The molecule has 0 spiro atoms. The highest BCUT2D eigenvalue weighted by molar-refractivity contribution is 14.0. The molecule has 7 heteroatoms. The second-order valence-electron chi connectivity index (χ2n) is 7.16. The van der Waals surface area contributed by atoms with Gasteiger partial charge in [0.15, 0.2) is 5.96 Å². The summed E-state index contributed by atoms with van der Waals surface area (Å²) in [5, 5.41) is 9.53. The molecule has 0 aromatic heterocycles. The molecule has 1 amide bonds. The summed E-state index contributed by atoms with van der Waals surface area (Å²) in [6, 6.07) is 14.0. The number of nitrogens with one attached hydrogen (secondary N) is 3. The van der Waals surface area contributed by atoms with Gasteiger partial charge in [-0.2, -0.15) is 0 Å². The van der Waals surface area contributed by atoms with Crippen LogP contribution in [-0.4, -0.2) is 25.5 Å². The first-order valence-electron chi connectivity index (χ1n) is 9.99. The Hall–Kier alpha value is -2.29. The van der Waals surface area contributed by atoms with Crippen LogP contribution in [0.15, 0.2) is 47.5 Å². The lowest BCUT2D eigenvalue weighted by Gasteiger charge is -2.15. The largest absolute Gasteiger partial charge is 0.494 e. The summed E-state index contributed by atoms with van der Waals surface area (Å²) in [6.45, 7) is 9.68. The third-order valence-electron chi connectivity index (χ3n) is 4.40. The Morgan fingerprint density at radius 3 is 2.33 bits per heavy atom. The minimum atomic E-state index is -0.0393. The van der Waals surface area contributed by atoms with Gasteiger partial charge in [-0.3, -0.25) is 9.79 Å². The molecule has 0 unspecified atom stereocenters. The van der Waals surface area contributed by atoms with Crippen molar-refractivity contribution in [2.45, 2.75) is 40.8 Å². The summed E-state index contributed by atoms with van der Waals surface area (Å²) in [5.41, 5.74) is 4.16. The summed E-state index contributed by atoms with van der Waals surface area (Å²) in [5.74, 6) is 1.59. The molecule has 0 saturated heterocycles. The van der Waals surface area contributed by atoms with Crippen molar-refractivity contribution < 1.29 is 9.53 Å². The fraction of sp³-hybridized carbons (Fsp3) is 0.391. The van der Waals surface area contributed by atoms with Crippen LogP contribution < -0.4 is 20.7 Å². The van der Waals surface area contributed by atoms with Gasteiger partial charge in [0.25, 0.3) is 0 Å². The normalized spacial score (nSPS) is 10.9. The van der Waals surface area contributed by atoms with Crippen molar-refractivity contribution in [2.75, 3.05) is 19.0 Å². The zero-order valence-electron chi connectivity index (χ0n) is 18.4. The lowest BCUT2D eigenvalue weighted by Crippen LogP contribution is -2.36. The molecule has 2 rings (SSSR count). The van der Waals surface area contributed by atoms with Gasteiger partial charge in [-0.05, 0) is 43.2 Å². The number of anilines is 1. The molecule has 0 saturated carbocycles. The molecule has 0 fully saturated rings. The number of carbonyl (C=O) groups is 1. The Bertz CT molecular complexity index is 836. The Labute approximate surface area is 196 Å². The molecule has 3 N–H and O–H groups in total. The van der Waals surface area contributed by atoms with Crippen LogP contribution in [0.1, 0.15) is 37.5 Å². The van der Waals surface area contributed by atoms with E-state index >= 15 is 0 Å². The van der Waals surface area contributed by atoms with Gasteiger partial charge in [-0.1, -0.05) is 38.1 Å². The SMILES string of the molecule is CCOc1cc(C)ccc1CNC(=NC)NCc1ccc(NC(=O)C(C)C)cc1.I. The highest BCUT2D eigenvalue weighted by atomic mass is 127. The van der Waals surface area contributed by atoms with Gasteiger partial charge in [0.05, 0.1) is 6.61 Å². The minimum Gasteiger partial charge on any atom is -0.494 e. The average Bonchev–Trinajstić information content (AvgIpc) is 2.70. The molecule has 2 aromatic rings. The third-order valence-corrected chi connectivity index (χ3v) is 4.40. The minimum absolute atomic E-state index is 0. The molecule has 0 radical (unpaired) electrons. The monoisotopic (exact) mass is 524 g/mol. The van der Waals surface area contributed by atoms with E-state index < -0.39 is 0 Å². The van der Waals surface area contributed by atoms with E-state index in [1.165, 1.54) is 5.56 Å². The number of nitrogens with zero attached hydrogens (tertiary/aromatic N) is 1.